The van der Waals surface area contributed by atoms with Crippen LogP contribution in [0.25, 0.3) is 0 Å². The second-order valence-corrected chi connectivity index (χ2v) is 12.5. The molecule has 7 rings (SSSR count). The highest BCUT2D eigenvalue weighted by atomic mass is 16.6. The van der Waals surface area contributed by atoms with Gasteiger partial charge in [0.25, 0.3) is 0 Å². The number of benzene rings is 1. The van der Waals surface area contributed by atoms with Crippen molar-refractivity contribution in [3.05, 3.63) is 23.3 Å². The number of phenols is 1. The van der Waals surface area contributed by atoms with Crippen LogP contribution in [0.1, 0.15) is 71.4 Å². The van der Waals surface area contributed by atoms with Gasteiger partial charge in [-0.25, -0.2) is 0 Å². The third-order valence-corrected chi connectivity index (χ3v) is 11.1. The van der Waals surface area contributed by atoms with Crippen LogP contribution in [0.5, 0.6) is 11.5 Å². The fraction of sp³-hybridized carbons (Fsp3) is 0.778. The van der Waals surface area contributed by atoms with Gasteiger partial charge in [0.1, 0.15) is 11.7 Å². The van der Waals surface area contributed by atoms with E-state index in [9.17, 15) is 10.2 Å². The zero-order valence-corrected chi connectivity index (χ0v) is 20.5. The van der Waals surface area contributed by atoms with Crippen LogP contribution in [-0.4, -0.2) is 58.7 Å². The minimum atomic E-state index is -0.913. The first kappa shape index (κ1) is 21.2. The lowest BCUT2D eigenvalue weighted by Crippen LogP contribution is -2.83. The SMILES string of the molecule is CCN1CC[C@]23c4c5ccc(O)c4O[C@H]2[C@]2(OC)CC[C@]3(C[C@@H]2[C@](C)(O)C(C)(C)C)[C@H]1C5. The Balaban J connectivity index is 1.65. The highest BCUT2D eigenvalue weighted by Gasteiger charge is 2.82. The molecule has 32 heavy (non-hydrogen) atoms. The molecule has 4 fully saturated rings. The molecule has 0 aromatic heterocycles. The number of fused-ring (bicyclic) bond motifs is 2. The highest BCUT2D eigenvalue weighted by Crippen LogP contribution is 2.77. The van der Waals surface area contributed by atoms with Crippen LogP contribution in [0.3, 0.4) is 0 Å². The molecule has 7 atom stereocenters. The maximum atomic E-state index is 12.1. The Morgan fingerprint density at radius 1 is 1.19 bits per heavy atom. The molecule has 0 unspecified atom stereocenters. The Morgan fingerprint density at radius 2 is 1.94 bits per heavy atom. The van der Waals surface area contributed by atoms with Crippen molar-refractivity contribution in [2.45, 2.75) is 95.5 Å². The van der Waals surface area contributed by atoms with E-state index >= 15 is 0 Å². The van der Waals surface area contributed by atoms with E-state index in [-0.39, 0.29) is 34.0 Å². The van der Waals surface area contributed by atoms with E-state index in [1.807, 2.05) is 20.1 Å². The topological polar surface area (TPSA) is 62.2 Å². The van der Waals surface area contributed by atoms with Gasteiger partial charge < -0.3 is 19.7 Å². The van der Waals surface area contributed by atoms with Crippen molar-refractivity contribution < 1.29 is 19.7 Å². The molecule has 1 aromatic carbocycles. The number of aliphatic hydroxyl groups is 1. The standard InChI is InChI=1S/C27H39NO4/c1-7-28-13-12-26-20-16-8-9-17(29)21(20)32-22(26)27(31-6)11-10-25(26,19(28)14-16)15-18(27)24(5,30)23(2,3)4/h8-9,18-19,22,29-30H,7,10-15H2,1-6H3/t18-,19-,22-,24+,25+,26+,27+/m1/s1. The summed E-state index contributed by atoms with van der Waals surface area (Å²) in [5.74, 6) is 0.910. The van der Waals surface area contributed by atoms with Crippen LogP contribution < -0.4 is 4.74 Å². The molecule has 0 amide bonds. The van der Waals surface area contributed by atoms with Gasteiger partial charge in [0.05, 0.1) is 5.60 Å². The number of likely N-dealkylation sites (N-methyl/N-ethyl adjacent to an activating group) is 1. The van der Waals surface area contributed by atoms with E-state index in [0.29, 0.717) is 11.8 Å². The molecule has 0 radical (unpaired) electrons. The molecule has 4 bridgehead atoms. The Hall–Kier alpha value is -1.30. The number of aromatic hydroxyl groups is 1. The second kappa shape index (κ2) is 6.03. The summed E-state index contributed by atoms with van der Waals surface area (Å²) in [6, 6.07) is 4.38. The van der Waals surface area contributed by atoms with Gasteiger partial charge in [-0.15, -0.1) is 0 Å². The van der Waals surface area contributed by atoms with Crippen LogP contribution in [0.2, 0.25) is 0 Å². The molecule has 5 heteroatoms. The molecule has 1 saturated heterocycles. The number of nitrogens with zero attached hydrogens (tertiary/aromatic N) is 1. The lowest BCUT2D eigenvalue weighted by atomic mass is 9.33. The maximum Gasteiger partial charge on any atom is 0.165 e. The monoisotopic (exact) mass is 441 g/mol. The highest BCUT2D eigenvalue weighted by molar-refractivity contribution is 5.63. The number of likely N-dealkylation sites (tertiary alicyclic amines) is 1. The second-order valence-electron chi connectivity index (χ2n) is 12.5. The normalized spacial score (nSPS) is 43.5. The Bertz CT molecular complexity index is 983. The van der Waals surface area contributed by atoms with Crippen molar-refractivity contribution in [2.75, 3.05) is 20.2 Å². The number of ether oxygens (including phenoxy) is 2. The van der Waals surface area contributed by atoms with E-state index in [1.54, 1.807) is 0 Å². The van der Waals surface area contributed by atoms with Crippen molar-refractivity contribution >= 4 is 0 Å². The van der Waals surface area contributed by atoms with Crippen molar-refractivity contribution in [2.24, 2.45) is 16.7 Å². The number of piperidine rings is 1. The fourth-order valence-electron chi connectivity index (χ4n) is 9.11. The van der Waals surface area contributed by atoms with Crippen LogP contribution in [-0.2, 0) is 16.6 Å². The van der Waals surface area contributed by atoms with Gasteiger partial charge >= 0.3 is 0 Å². The summed E-state index contributed by atoms with van der Waals surface area (Å²) in [4.78, 5) is 2.68. The summed E-state index contributed by atoms with van der Waals surface area (Å²) in [5, 5.41) is 23.0. The molecule has 2 heterocycles. The Morgan fingerprint density at radius 3 is 2.59 bits per heavy atom. The van der Waals surface area contributed by atoms with Gasteiger partial charge in [0.2, 0.25) is 0 Å². The van der Waals surface area contributed by atoms with E-state index in [2.05, 4.69) is 38.7 Å². The molecule has 1 aromatic rings. The molecule has 2 spiro atoms. The molecule has 3 saturated carbocycles. The number of hydrogen-bond acceptors (Lipinski definition) is 5. The van der Waals surface area contributed by atoms with Crippen molar-refractivity contribution in [1.29, 1.82) is 0 Å². The lowest BCUT2D eigenvalue weighted by Gasteiger charge is -2.75. The fourth-order valence-corrected chi connectivity index (χ4v) is 9.11. The van der Waals surface area contributed by atoms with Gasteiger partial charge in [0, 0.05) is 35.5 Å². The molecule has 4 aliphatic carbocycles. The predicted octanol–water partition coefficient (Wildman–Crippen LogP) is 4.02. The lowest BCUT2D eigenvalue weighted by molar-refractivity contribution is -0.312. The summed E-state index contributed by atoms with van der Waals surface area (Å²) >= 11 is 0. The van der Waals surface area contributed by atoms with Crippen molar-refractivity contribution in [3.8, 4) is 11.5 Å². The van der Waals surface area contributed by atoms with Gasteiger partial charge in [0.15, 0.2) is 11.5 Å². The summed E-state index contributed by atoms with van der Waals surface area (Å²) in [6.45, 7) is 12.8. The third kappa shape index (κ3) is 2.01. The van der Waals surface area contributed by atoms with Gasteiger partial charge in [-0.2, -0.15) is 0 Å². The van der Waals surface area contributed by atoms with Crippen LogP contribution in [0.15, 0.2) is 12.1 Å². The first-order chi connectivity index (χ1) is 15.0. The predicted molar refractivity (Wildman–Crippen MR) is 123 cm³/mol. The van der Waals surface area contributed by atoms with Gasteiger partial charge in [-0.3, -0.25) is 4.90 Å². The van der Waals surface area contributed by atoms with E-state index < -0.39 is 11.2 Å². The van der Waals surface area contributed by atoms with E-state index in [4.69, 9.17) is 9.47 Å². The zero-order chi connectivity index (χ0) is 22.9. The number of phenolic OH excluding ortho intramolecular Hbond substituents is 1. The van der Waals surface area contributed by atoms with Gasteiger partial charge in [-0.1, -0.05) is 33.8 Å². The van der Waals surface area contributed by atoms with E-state index in [0.717, 1.165) is 45.2 Å². The van der Waals surface area contributed by atoms with Crippen LogP contribution >= 0.6 is 0 Å². The summed E-state index contributed by atoms with van der Waals surface area (Å²) in [6.07, 6.45) is 4.78. The quantitative estimate of drug-likeness (QED) is 0.742. The largest absolute Gasteiger partial charge is 0.504 e. The van der Waals surface area contributed by atoms with Crippen molar-refractivity contribution in [1.82, 2.24) is 4.90 Å². The summed E-state index contributed by atoms with van der Waals surface area (Å²) in [5.41, 5.74) is 0.706. The summed E-state index contributed by atoms with van der Waals surface area (Å²) < 4.78 is 13.3. The third-order valence-electron chi connectivity index (χ3n) is 11.1. The first-order valence-electron chi connectivity index (χ1n) is 12.5. The van der Waals surface area contributed by atoms with Crippen LogP contribution in [0.4, 0.5) is 0 Å². The number of methoxy groups -OCH3 is 1. The van der Waals surface area contributed by atoms with Gasteiger partial charge in [-0.05, 0) is 69.2 Å². The summed E-state index contributed by atoms with van der Waals surface area (Å²) in [7, 11) is 1.81. The minimum absolute atomic E-state index is 0.0259. The minimum Gasteiger partial charge on any atom is -0.504 e. The van der Waals surface area contributed by atoms with E-state index in [1.165, 1.54) is 11.1 Å². The first-order valence-corrected chi connectivity index (χ1v) is 12.5. The molecule has 6 aliphatic rings. The molecular formula is C27H39NO4. The molecular weight excluding hydrogens is 402 g/mol. The Kier molecular flexibility index (Phi) is 4.00. The zero-order valence-electron chi connectivity index (χ0n) is 20.5. The average molecular weight is 442 g/mol. The smallest absolute Gasteiger partial charge is 0.165 e. The number of rotatable bonds is 3. The average Bonchev–Trinajstić information content (AvgIpc) is 3.11. The molecule has 176 valence electrons. The molecule has 2 aliphatic heterocycles. The van der Waals surface area contributed by atoms with Crippen molar-refractivity contribution in [3.63, 3.8) is 0 Å². The number of hydrogen-bond donors (Lipinski definition) is 2. The Labute approximate surface area is 192 Å². The maximum absolute atomic E-state index is 12.1. The van der Waals surface area contributed by atoms with Crippen LogP contribution in [0, 0.1) is 16.7 Å². The molecule has 5 nitrogen and oxygen atoms in total. The molecule has 2 N–H and O–H groups in total.